The summed E-state index contributed by atoms with van der Waals surface area (Å²) in [5.74, 6) is 0.880. The summed E-state index contributed by atoms with van der Waals surface area (Å²) in [7, 11) is 0. The number of aliphatic hydroxyl groups is 1. The Kier molecular flexibility index (Phi) is 3.75. The highest BCUT2D eigenvalue weighted by Gasteiger charge is 2.44. The van der Waals surface area contributed by atoms with E-state index in [2.05, 4.69) is 10.6 Å². The fraction of sp³-hybridized carbons (Fsp3) is 0.381. The average Bonchev–Trinajstić information content (AvgIpc) is 3.33. The molecule has 27 heavy (non-hydrogen) atoms. The molecule has 0 bridgehead atoms. The quantitative estimate of drug-likeness (QED) is 0.760. The summed E-state index contributed by atoms with van der Waals surface area (Å²) in [5, 5.41) is 16.0. The highest BCUT2D eigenvalue weighted by atomic mass is 16.7. The molecule has 2 atom stereocenters. The van der Waals surface area contributed by atoms with Gasteiger partial charge in [0.05, 0.1) is 12.1 Å². The van der Waals surface area contributed by atoms with Gasteiger partial charge in [0.2, 0.25) is 0 Å². The Balaban J connectivity index is 1.27. The van der Waals surface area contributed by atoms with E-state index >= 15 is 0 Å². The number of rotatable bonds is 2. The van der Waals surface area contributed by atoms with Crippen molar-refractivity contribution in [1.29, 1.82) is 0 Å². The van der Waals surface area contributed by atoms with E-state index in [-0.39, 0.29) is 6.03 Å². The molecule has 3 N–H and O–H groups in total. The normalized spacial score (nSPS) is 24.0. The number of carbonyl (C=O) groups is 1. The molecule has 140 valence electrons. The predicted octanol–water partition coefficient (Wildman–Crippen LogP) is 3.51. The van der Waals surface area contributed by atoms with Crippen LogP contribution in [0.5, 0.6) is 11.5 Å². The van der Waals surface area contributed by atoms with Gasteiger partial charge in [0.1, 0.15) is 0 Å². The molecule has 1 aliphatic heterocycles. The molecule has 6 heteroatoms. The van der Waals surface area contributed by atoms with Gasteiger partial charge in [0.25, 0.3) is 5.79 Å². The van der Waals surface area contributed by atoms with Gasteiger partial charge in [-0.3, -0.25) is 0 Å². The summed E-state index contributed by atoms with van der Waals surface area (Å²) in [6.07, 6.45) is 3.92. The maximum absolute atomic E-state index is 12.5. The summed E-state index contributed by atoms with van der Waals surface area (Å²) < 4.78 is 12.0. The maximum Gasteiger partial charge on any atom is 0.319 e. The second-order valence-electron chi connectivity index (χ2n) is 7.53. The van der Waals surface area contributed by atoms with Crippen molar-refractivity contribution in [2.24, 2.45) is 0 Å². The lowest BCUT2D eigenvalue weighted by molar-refractivity contribution is -0.0716. The minimum Gasteiger partial charge on any atom is -0.448 e. The van der Waals surface area contributed by atoms with Crippen molar-refractivity contribution in [3.05, 3.63) is 53.6 Å². The number of nitrogens with one attached hydrogen (secondary N) is 2. The van der Waals surface area contributed by atoms with Gasteiger partial charge in [-0.1, -0.05) is 24.3 Å². The predicted molar refractivity (Wildman–Crippen MR) is 99.9 cm³/mol. The Morgan fingerprint density at radius 2 is 1.85 bits per heavy atom. The van der Waals surface area contributed by atoms with Gasteiger partial charge >= 0.3 is 6.03 Å². The van der Waals surface area contributed by atoms with Crippen LogP contribution < -0.4 is 20.1 Å². The third-order valence-corrected chi connectivity index (χ3v) is 5.65. The second kappa shape index (κ2) is 6.16. The molecule has 2 aromatic carbocycles. The number of fused-ring (bicyclic) bond motifs is 2. The van der Waals surface area contributed by atoms with Crippen LogP contribution in [0.25, 0.3) is 0 Å². The van der Waals surface area contributed by atoms with E-state index in [0.29, 0.717) is 17.9 Å². The van der Waals surface area contributed by atoms with Gasteiger partial charge in [0.15, 0.2) is 11.5 Å². The summed E-state index contributed by atoms with van der Waals surface area (Å²) in [5.41, 5.74) is 2.67. The monoisotopic (exact) mass is 366 g/mol. The van der Waals surface area contributed by atoms with Crippen molar-refractivity contribution in [2.75, 3.05) is 5.32 Å². The van der Waals surface area contributed by atoms with Crippen molar-refractivity contribution in [3.63, 3.8) is 0 Å². The Morgan fingerprint density at radius 3 is 2.70 bits per heavy atom. The van der Waals surface area contributed by atoms with Crippen LogP contribution in [0.4, 0.5) is 10.5 Å². The molecule has 2 aliphatic carbocycles. The first-order valence-electron chi connectivity index (χ1n) is 9.47. The summed E-state index contributed by atoms with van der Waals surface area (Å²) in [4.78, 5) is 12.5. The van der Waals surface area contributed by atoms with Gasteiger partial charge in [-0.25, -0.2) is 4.79 Å². The number of ether oxygens (including phenoxy) is 2. The number of hydrogen-bond donors (Lipinski definition) is 3. The second-order valence-corrected chi connectivity index (χ2v) is 7.53. The number of anilines is 1. The van der Waals surface area contributed by atoms with Crippen LogP contribution in [0.15, 0.2) is 42.5 Å². The molecule has 2 amide bonds. The first kappa shape index (κ1) is 16.4. The maximum atomic E-state index is 12.5. The molecule has 1 fully saturated rings. The van der Waals surface area contributed by atoms with Crippen LogP contribution in [-0.2, 0) is 6.42 Å². The van der Waals surface area contributed by atoms with Crippen LogP contribution in [-0.4, -0.2) is 23.0 Å². The van der Waals surface area contributed by atoms with Gasteiger partial charge in [0, 0.05) is 31.0 Å². The van der Waals surface area contributed by atoms with Gasteiger partial charge in [-0.05, 0) is 36.1 Å². The van der Waals surface area contributed by atoms with E-state index in [1.165, 1.54) is 0 Å². The lowest BCUT2D eigenvalue weighted by atomic mass is 10.1. The minimum absolute atomic E-state index is 0.356. The SMILES string of the molecule is O=C(Nc1ccc2c(c1)OC1(CCCC1)O2)N[C@@H]1c2ccccc2C[C@@H]1O. The van der Waals surface area contributed by atoms with E-state index in [4.69, 9.17) is 9.47 Å². The Bertz CT molecular complexity index is 892. The number of hydrogen-bond acceptors (Lipinski definition) is 4. The fourth-order valence-corrected chi connectivity index (χ4v) is 4.35. The summed E-state index contributed by atoms with van der Waals surface area (Å²) in [6, 6.07) is 12.4. The van der Waals surface area contributed by atoms with Crippen molar-refractivity contribution in [2.45, 2.75) is 50.0 Å². The zero-order valence-electron chi connectivity index (χ0n) is 14.9. The fourth-order valence-electron chi connectivity index (χ4n) is 4.35. The molecule has 2 aromatic rings. The number of carbonyl (C=O) groups excluding carboxylic acids is 1. The van der Waals surface area contributed by atoms with Gasteiger partial charge in [-0.2, -0.15) is 0 Å². The lowest BCUT2D eigenvalue weighted by Gasteiger charge is -2.21. The van der Waals surface area contributed by atoms with E-state index in [1.807, 2.05) is 30.3 Å². The van der Waals surface area contributed by atoms with Crippen LogP contribution in [0, 0.1) is 0 Å². The molecule has 0 unspecified atom stereocenters. The van der Waals surface area contributed by atoms with Crippen LogP contribution in [0.2, 0.25) is 0 Å². The largest absolute Gasteiger partial charge is 0.448 e. The molecular weight excluding hydrogens is 344 g/mol. The number of urea groups is 1. The third-order valence-electron chi connectivity index (χ3n) is 5.65. The van der Waals surface area contributed by atoms with Crippen molar-refractivity contribution in [3.8, 4) is 11.5 Å². The number of amides is 2. The minimum atomic E-state index is -0.618. The summed E-state index contributed by atoms with van der Waals surface area (Å²) >= 11 is 0. The molecule has 6 nitrogen and oxygen atoms in total. The van der Waals surface area contributed by atoms with Gasteiger partial charge < -0.3 is 25.2 Å². The molecular formula is C21H22N2O4. The van der Waals surface area contributed by atoms with Crippen molar-refractivity contribution >= 4 is 11.7 Å². The van der Waals surface area contributed by atoms with E-state index < -0.39 is 17.9 Å². The van der Waals surface area contributed by atoms with Gasteiger partial charge in [-0.15, -0.1) is 0 Å². The highest BCUT2D eigenvalue weighted by Crippen LogP contribution is 2.47. The summed E-state index contributed by atoms with van der Waals surface area (Å²) in [6.45, 7) is 0. The zero-order valence-corrected chi connectivity index (χ0v) is 14.9. The molecule has 1 heterocycles. The molecule has 0 aromatic heterocycles. The Morgan fingerprint density at radius 1 is 1.07 bits per heavy atom. The Labute approximate surface area is 157 Å². The molecule has 1 spiro atoms. The molecule has 0 radical (unpaired) electrons. The smallest absolute Gasteiger partial charge is 0.319 e. The molecule has 0 saturated heterocycles. The third kappa shape index (κ3) is 2.90. The molecule has 1 saturated carbocycles. The first-order valence-corrected chi connectivity index (χ1v) is 9.47. The lowest BCUT2D eigenvalue weighted by Crippen LogP contribution is -2.36. The average molecular weight is 366 g/mol. The number of benzene rings is 2. The molecule has 5 rings (SSSR count). The van der Waals surface area contributed by atoms with Crippen molar-refractivity contribution < 1.29 is 19.4 Å². The van der Waals surface area contributed by atoms with E-state index in [0.717, 1.165) is 42.6 Å². The number of aliphatic hydroxyl groups excluding tert-OH is 1. The first-order chi connectivity index (χ1) is 13.1. The van der Waals surface area contributed by atoms with E-state index in [1.54, 1.807) is 12.1 Å². The van der Waals surface area contributed by atoms with Crippen LogP contribution >= 0.6 is 0 Å². The molecule has 3 aliphatic rings. The Hall–Kier alpha value is -2.73. The standard InChI is InChI=1S/C21H22N2O4/c24-16-11-13-5-1-2-6-15(13)19(16)23-20(25)22-14-7-8-17-18(12-14)27-21(26-17)9-3-4-10-21/h1-2,5-8,12,16,19,24H,3-4,9-11H2,(H2,22,23,25)/t16-,19+/m0/s1. The van der Waals surface area contributed by atoms with Crippen molar-refractivity contribution in [1.82, 2.24) is 5.32 Å². The zero-order chi connectivity index (χ0) is 18.4. The van der Waals surface area contributed by atoms with Crippen LogP contribution in [0.3, 0.4) is 0 Å². The van der Waals surface area contributed by atoms with Crippen LogP contribution in [0.1, 0.15) is 42.9 Å². The van der Waals surface area contributed by atoms with E-state index in [9.17, 15) is 9.90 Å². The highest BCUT2D eigenvalue weighted by molar-refractivity contribution is 5.90. The topological polar surface area (TPSA) is 79.8 Å².